The fourth-order valence-corrected chi connectivity index (χ4v) is 3.33. The zero-order valence-corrected chi connectivity index (χ0v) is 15.6. The summed E-state index contributed by atoms with van der Waals surface area (Å²) < 4.78 is 0. The molecule has 140 valence electrons. The minimum absolute atomic E-state index is 0.0636. The molecule has 1 aliphatic rings. The van der Waals surface area contributed by atoms with Gasteiger partial charge in [0.1, 0.15) is 5.69 Å². The van der Waals surface area contributed by atoms with Gasteiger partial charge in [-0.3, -0.25) is 14.9 Å². The largest absolute Gasteiger partial charge is 0.324 e. The number of nitro groups is 1. The van der Waals surface area contributed by atoms with Gasteiger partial charge in [0.05, 0.1) is 18.0 Å². The van der Waals surface area contributed by atoms with Crippen molar-refractivity contribution in [1.29, 1.82) is 0 Å². The van der Waals surface area contributed by atoms with Gasteiger partial charge in [-0.05, 0) is 48.3 Å². The predicted molar refractivity (Wildman–Crippen MR) is 106 cm³/mol. The van der Waals surface area contributed by atoms with Gasteiger partial charge < -0.3 is 10.2 Å². The lowest BCUT2D eigenvalue weighted by atomic mass is 10.00. The number of anilines is 1. The number of hydrogen-bond acceptors (Lipinski definition) is 3. The van der Waals surface area contributed by atoms with E-state index in [2.05, 4.69) is 23.5 Å². The molecule has 0 saturated carbocycles. The van der Waals surface area contributed by atoms with Gasteiger partial charge in [0.15, 0.2) is 6.54 Å². The minimum atomic E-state index is -0.454. The standard InChI is InChI=1S/C21H23N3O3/c1-15-12-19(20(24(26)27)13-16(15)2)22-21(25)14-23-10-8-18(9-11-23)17-6-4-3-5-7-17/h3-8,12-13H,9-11,14H2,1-2H3,(H,22,25)/p+1. The van der Waals surface area contributed by atoms with Gasteiger partial charge in [-0.25, -0.2) is 0 Å². The number of rotatable bonds is 5. The maximum Gasteiger partial charge on any atom is 0.293 e. The molecule has 2 aromatic carbocycles. The molecule has 0 aromatic heterocycles. The van der Waals surface area contributed by atoms with Gasteiger partial charge in [0.2, 0.25) is 0 Å². The molecular weight excluding hydrogens is 342 g/mol. The van der Waals surface area contributed by atoms with Gasteiger partial charge >= 0.3 is 0 Å². The van der Waals surface area contributed by atoms with Crippen LogP contribution in [-0.4, -0.2) is 30.5 Å². The van der Waals surface area contributed by atoms with Crippen LogP contribution in [0.1, 0.15) is 23.1 Å². The Balaban J connectivity index is 1.63. The molecule has 0 spiro atoms. The number of aryl methyl sites for hydroxylation is 2. The maximum absolute atomic E-state index is 12.4. The van der Waals surface area contributed by atoms with Crippen molar-refractivity contribution in [3.8, 4) is 0 Å². The Morgan fingerprint density at radius 3 is 2.52 bits per heavy atom. The van der Waals surface area contributed by atoms with Gasteiger partial charge in [0.25, 0.3) is 11.6 Å². The molecule has 1 amide bonds. The molecule has 0 radical (unpaired) electrons. The number of hydrogen-bond donors (Lipinski definition) is 2. The van der Waals surface area contributed by atoms with Crippen LogP contribution < -0.4 is 10.2 Å². The first kappa shape index (κ1) is 18.8. The van der Waals surface area contributed by atoms with Crippen LogP contribution in [0.5, 0.6) is 0 Å². The van der Waals surface area contributed by atoms with Crippen LogP contribution in [0.25, 0.3) is 5.57 Å². The molecule has 3 rings (SSSR count). The first-order chi connectivity index (χ1) is 12.9. The Hall–Kier alpha value is -2.99. The summed E-state index contributed by atoms with van der Waals surface area (Å²) in [7, 11) is 0. The number of nitrogens with one attached hydrogen (secondary N) is 2. The van der Waals surface area contributed by atoms with E-state index in [1.165, 1.54) is 17.2 Å². The van der Waals surface area contributed by atoms with Crippen molar-refractivity contribution in [2.24, 2.45) is 0 Å². The zero-order valence-electron chi connectivity index (χ0n) is 15.6. The van der Waals surface area contributed by atoms with E-state index in [1.54, 1.807) is 6.07 Å². The predicted octanol–water partition coefficient (Wildman–Crippen LogP) is 2.52. The second-order valence-electron chi connectivity index (χ2n) is 6.99. The molecule has 2 N–H and O–H groups in total. The molecule has 0 fully saturated rings. The third-order valence-electron chi connectivity index (χ3n) is 5.02. The molecule has 1 aliphatic heterocycles. The van der Waals surface area contributed by atoms with Crippen LogP contribution >= 0.6 is 0 Å². The molecule has 1 heterocycles. The smallest absolute Gasteiger partial charge is 0.293 e. The number of benzene rings is 2. The quantitative estimate of drug-likeness (QED) is 0.631. The number of carbonyl (C=O) groups excluding carboxylic acids is 1. The van der Waals surface area contributed by atoms with E-state index in [0.29, 0.717) is 6.54 Å². The molecule has 0 bridgehead atoms. The Labute approximate surface area is 158 Å². The number of nitro benzene ring substituents is 1. The lowest BCUT2D eigenvalue weighted by Gasteiger charge is -2.23. The van der Waals surface area contributed by atoms with Gasteiger partial charge in [-0.1, -0.05) is 30.3 Å². The highest BCUT2D eigenvalue weighted by Crippen LogP contribution is 2.27. The fourth-order valence-electron chi connectivity index (χ4n) is 3.33. The van der Waals surface area contributed by atoms with Crippen molar-refractivity contribution in [1.82, 2.24) is 0 Å². The Kier molecular flexibility index (Phi) is 5.66. The van der Waals surface area contributed by atoms with Crippen LogP contribution in [0.4, 0.5) is 11.4 Å². The topological polar surface area (TPSA) is 76.7 Å². The van der Waals surface area contributed by atoms with Gasteiger partial charge in [-0.2, -0.15) is 0 Å². The molecule has 0 aliphatic carbocycles. The van der Waals surface area contributed by atoms with E-state index >= 15 is 0 Å². The summed E-state index contributed by atoms with van der Waals surface area (Å²) in [5, 5.41) is 14.0. The van der Waals surface area contributed by atoms with Crippen molar-refractivity contribution in [2.45, 2.75) is 20.3 Å². The lowest BCUT2D eigenvalue weighted by Crippen LogP contribution is -3.13. The van der Waals surface area contributed by atoms with E-state index in [1.807, 2.05) is 32.0 Å². The highest BCUT2D eigenvalue weighted by atomic mass is 16.6. The summed E-state index contributed by atoms with van der Waals surface area (Å²) in [5.41, 5.74) is 4.49. The van der Waals surface area contributed by atoms with Crippen LogP contribution in [-0.2, 0) is 4.79 Å². The Morgan fingerprint density at radius 2 is 1.89 bits per heavy atom. The van der Waals surface area contributed by atoms with Gasteiger partial charge in [0, 0.05) is 12.5 Å². The van der Waals surface area contributed by atoms with Crippen molar-refractivity contribution >= 4 is 22.9 Å². The van der Waals surface area contributed by atoms with Crippen molar-refractivity contribution in [3.63, 3.8) is 0 Å². The Morgan fingerprint density at radius 1 is 1.19 bits per heavy atom. The maximum atomic E-state index is 12.4. The summed E-state index contributed by atoms with van der Waals surface area (Å²) in [6.45, 7) is 5.63. The third kappa shape index (κ3) is 4.60. The lowest BCUT2D eigenvalue weighted by molar-refractivity contribution is -0.886. The highest BCUT2D eigenvalue weighted by Gasteiger charge is 2.22. The van der Waals surface area contributed by atoms with E-state index in [-0.39, 0.29) is 17.3 Å². The summed E-state index contributed by atoms with van der Waals surface area (Å²) in [6, 6.07) is 13.4. The van der Waals surface area contributed by atoms with E-state index in [9.17, 15) is 14.9 Å². The number of quaternary nitrogens is 1. The average molecular weight is 366 g/mol. The number of nitrogens with zero attached hydrogens (tertiary/aromatic N) is 1. The molecule has 1 atom stereocenters. The minimum Gasteiger partial charge on any atom is -0.324 e. The van der Waals surface area contributed by atoms with Crippen LogP contribution in [0.2, 0.25) is 0 Å². The zero-order chi connectivity index (χ0) is 19.4. The second kappa shape index (κ2) is 8.14. The summed E-state index contributed by atoms with van der Waals surface area (Å²) in [6.07, 6.45) is 3.09. The molecule has 6 heteroatoms. The molecule has 6 nitrogen and oxygen atoms in total. The molecule has 2 aromatic rings. The van der Waals surface area contributed by atoms with Crippen LogP contribution in [0.15, 0.2) is 48.5 Å². The van der Waals surface area contributed by atoms with Crippen LogP contribution in [0.3, 0.4) is 0 Å². The number of carbonyl (C=O) groups is 1. The first-order valence-corrected chi connectivity index (χ1v) is 9.07. The monoisotopic (exact) mass is 366 g/mol. The second-order valence-corrected chi connectivity index (χ2v) is 6.99. The van der Waals surface area contributed by atoms with Crippen molar-refractivity contribution < 1.29 is 14.6 Å². The first-order valence-electron chi connectivity index (χ1n) is 9.07. The molecule has 1 unspecified atom stereocenters. The SMILES string of the molecule is Cc1cc(NC(=O)C[NH+]2CC=C(c3ccccc3)CC2)c([N+](=O)[O-])cc1C. The highest BCUT2D eigenvalue weighted by molar-refractivity contribution is 5.94. The van der Waals surface area contributed by atoms with Gasteiger partial charge in [-0.15, -0.1) is 0 Å². The number of amides is 1. The van der Waals surface area contributed by atoms with E-state index in [0.717, 1.165) is 35.5 Å². The van der Waals surface area contributed by atoms with E-state index in [4.69, 9.17) is 0 Å². The molecular formula is C21H24N3O3+. The van der Waals surface area contributed by atoms with E-state index < -0.39 is 4.92 Å². The van der Waals surface area contributed by atoms with Crippen LogP contribution in [0, 0.1) is 24.0 Å². The summed E-state index contributed by atoms with van der Waals surface area (Å²) >= 11 is 0. The summed E-state index contributed by atoms with van der Waals surface area (Å²) in [5.74, 6) is -0.201. The normalized spacial score (nSPS) is 16.5. The van der Waals surface area contributed by atoms with Crippen molar-refractivity contribution in [2.75, 3.05) is 25.0 Å². The third-order valence-corrected chi connectivity index (χ3v) is 5.02. The molecule has 0 saturated heterocycles. The molecule has 27 heavy (non-hydrogen) atoms. The fraction of sp³-hybridized carbons (Fsp3) is 0.286. The average Bonchev–Trinajstić information content (AvgIpc) is 2.65. The Bertz CT molecular complexity index is 891. The van der Waals surface area contributed by atoms with Crippen molar-refractivity contribution in [3.05, 3.63) is 75.3 Å². The summed E-state index contributed by atoms with van der Waals surface area (Å²) in [4.78, 5) is 24.4.